The fourth-order valence-corrected chi connectivity index (χ4v) is 2.43. The maximum absolute atomic E-state index is 13.6. The van der Waals surface area contributed by atoms with Gasteiger partial charge >= 0.3 is 0 Å². The van der Waals surface area contributed by atoms with Crippen LogP contribution in [0.2, 0.25) is 0 Å². The van der Waals surface area contributed by atoms with Crippen molar-refractivity contribution in [2.75, 3.05) is 6.54 Å². The van der Waals surface area contributed by atoms with Crippen molar-refractivity contribution in [3.8, 4) is 0 Å². The molecule has 0 aliphatic carbocycles. The van der Waals surface area contributed by atoms with E-state index in [2.05, 4.69) is 12.2 Å². The maximum atomic E-state index is 13.6. The minimum Gasteiger partial charge on any atom is -0.310 e. The summed E-state index contributed by atoms with van der Waals surface area (Å²) >= 11 is 0. The van der Waals surface area contributed by atoms with Gasteiger partial charge in [0.2, 0.25) is 0 Å². The van der Waals surface area contributed by atoms with Gasteiger partial charge in [-0.05, 0) is 37.4 Å². The Morgan fingerprint density at radius 1 is 1.31 bits per heavy atom. The molecule has 0 saturated carbocycles. The van der Waals surface area contributed by atoms with E-state index in [1.165, 1.54) is 18.2 Å². The standard InChI is InChI=1S/C13H17F2N/c1-2-9-6-7-16-12(8-9)13-10(14)4-3-5-11(13)15/h3-5,9,12,16H,2,6-8H2,1H3. The van der Waals surface area contributed by atoms with E-state index in [0.717, 1.165) is 25.8 Å². The third kappa shape index (κ3) is 2.24. The topological polar surface area (TPSA) is 12.0 Å². The average Bonchev–Trinajstić information content (AvgIpc) is 2.29. The summed E-state index contributed by atoms with van der Waals surface area (Å²) in [5.41, 5.74) is 0.209. The Morgan fingerprint density at radius 2 is 2.00 bits per heavy atom. The first-order valence-electron chi connectivity index (χ1n) is 5.89. The number of nitrogens with one attached hydrogen (secondary N) is 1. The summed E-state index contributed by atoms with van der Waals surface area (Å²) in [7, 11) is 0. The Bertz CT molecular complexity index is 345. The van der Waals surface area contributed by atoms with Crippen LogP contribution in [0.3, 0.4) is 0 Å². The molecule has 16 heavy (non-hydrogen) atoms. The smallest absolute Gasteiger partial charge is 0.130 e. The molecular formula is C13H17F2N. The Morgan fingerprint density at radius 3 is 2.62 bits per heavy atom. The Kier molecular flexibility index (Phi) is 3.54. The lowest BCUT2D eigenvalue weighted by atomic mass is 9.87. The monoisotopic (exact) mass is 225 g/mol. The predicted octanol–water partition coefficient (Wildman–Crippen LogP) is 3.42. The van der Waals surface area contributed by atoms with Crippen LogP contribution in [0.1, 0.15) is 37.8 Å². The summed E-state index contributed by atoms with van der Waals surface area (Å²) < 4.78 is 27.2. The molecule has 0 radical (unpaired) electrons. The molecule has 3 heteroatoms. The van der Waals surface area contributed by atoms with Gasteiger partial charge < -0.3 is 5.32 Å². The lowest BCUT2D eigenvalue weighted by molar-refractivity contribution is 0.288. The minimum absolute atomic E-state index is 0.167. The van der Waals surface area contributed by atoms with E-state index in [9.17, 15) is 8.78 Å². The van der Waals surface area contributed by atoms with E-state index in [-0.39, 0.29) is 11.6 Å². The van der Waals surface area contributed by atoms with Crippen LogP contribution in [0.15, 0.2) is 18.2 Å². The van der Waals surface area contributed by atoms with Crippen LogP contribution in [0.25, 0.3) is 0 Å². The van der Waals surface area contributed by atoms with Crippen LogP contribution in [0.4, 0.5) is 8.78 Å². The van der Waals surface area contributed by atoms with E-state index in [0.29, 0.717) is 5.92 Å². The van der Waals surface area contributed by atoms with Gasteiger partial charge in [-0.25, -0.2) is 8.78 Å². The lowest BCUT2D eigenvalue weighted by Crippen LogP contribution is -2.32. The van der Waals surface area contributed by atoms with Gasteiger partial charge in [0, 0.05) is 11.6 Å². The van der Waals surface area contributed by atoms with Crippen molar-refractivity contribution in [3.05, 3.63) is 35.4 Å². The molecule has 1 heterocycles. The van der Waals surface area contributed by atoms with Crippen molar-refractivity contribution >= 4 is 0 Å². The van der Waals surface area contributed by atoms with Gasteiger partial charge in [0.1, 0.15) is 11.6 Å². The van der Waals surface area contributed by atoms with Crippen molar-refractivity contribution < 1.29 is 8.78 Å². The van der Waals surface area contributed by atoms with Crippen molar-refractivity contribution in [1.29, 1.82) is 0 Å². The minimum atomic E-state index is -0.436. The van der Waals surface area contributed by atoms with Crippen molar-refractivity contribution in [2.45, 2.75) is 32.2 Å². The third-order valence-electron chi connectivity index (χ3n) is 3.44. The first kappa shape index (κ1) is 11.5. The Balaban J connectivity index is 2.23. The second kappa shape index (κ2) is 4.91. The Hall–Kier alpha value is -0.960. The van der Waals surface area contributed by atoms with Crippen molar-refractivity contribution in [2.24, 2.45) is 5.92 Å². The highest BCUT2D eigenvalue weighted by molar-refractivity contribution is 5.23. The zero-order valence-corrected chi connectivity index (χ0v) is 9.47. The zero-order chi connectivity index (χ0) is 11.5. The van der Waals surface area contributed by atoms with Gasteiger partial charge in [-0.3, -0.25) is 0 Å². The number of rotatable bonds is 2. The summed E-state index contributed by atoms with van der Waals surface area (Å²) in [5, 5.41) is 3.20. The summed E-state index contributed by atoms with van der Waals surface area (Å²) in [6.07, 6.45) is 3.01. The number of benzene rings is 1. The molecule has 1 aromatic carbocycles. The van der Waals surface area contributed by atoms with Crippen molar-refractivity contribution in [3.63, 3.8) is 0 Å². The summed E-state index contributed by atoms with van der Waals surface area (Å²) in [6.45, 7) is 2.97. The molecule has 2 rings (SSSR count). The molecule has 1 saturated heterocycles. The van der Waals surface area contributed by atoms with Gasteiger partial charge in [0.15, 0.2) is 0 Å². The molecule has 88 valence electrons. The van der Waals surface area contributed by atoms with Crippen LogP contribution >= 0.6 is 0 Å². The van der Waals surface area contributed by atoms with Gasteiger partial charge in [-0.1, -0.05) is 19.4 Å². The molecule has 2 atom stereocenters. The second-order valence-corrected chi connectivity index (χ2v) is 4.44. The molecule has 0 aromatic heterocycles. The third-order valence-corrected chi connectivity index (χ3v) is 3.44. The number of hydrogen-bond acceptors (Lipinski definition) is 1. The van der Waals surface area contributed by atoms with E-state index < -0.39 is 11.6 Å². The number of piperidine rings is 1. The SMILES string of the molecule is CCC1CCNC(c2c(F)cccc2F)C1. The molecule has 1 aliphatic heterocycles. The van der Waals surface area contributed by atoms with Gasteiger partial charge in [-0.15, -0.1) is 0 Å². The summed E-state index contributed by atoms with van der Waals surface area (Å²) in [4.78, 5) is 0. The molecule has 0 amide bonds. The first-order chi connectivity index (χ1) is 7.72. The lowest BCUT2D eigenvalue weighted by Gasteiger charge is -2.30. The molecule has 1 N–H and O–H groups in total. The van der Waals surface area contributed by atoms with Crippen LogP contribution in [0, 0.1) is 17.6 Å². The molecule has 0 bridgehead atoms. The predicted molar refractivity (Wildman–Crippen MR) is 60.1 cm³/mol. The van der Waals surface area contributed by atoms with Gasteiger partial charge in [0.25, 0.3) is 0 Å². The first-order valence-corrected chi connectivity index (χ1v) is 5.89. The average molecular weight is 225 g/mol. The van der Waals surface area contributed by atoms with Crippen LogP contribution in [-0.4, -0.2) is 6.54 Å². The zero-order valence-electron chi connectivity index (χ0n) is 9.47. The molecule has 1 aliphatic rings. The molecular weight excluding hydrogens is 208 g/mol. The van der Waals surface area contributed by atoms with E-state index >= 15 is 0 Å². The molecule has 0 spiro atoms. The molecule has 1 aromatic rings. The van der Waals surface area contributed by atoms with Crippen LogP contribution in [-0.2, 0) is 0 Å². The van der Waals surface area contributed by atoms with Gasteiger partial charge in [-0.2, -0.15) is 0 Å². The Labute approximate surface area is 94.9 Å². The second-order valence-electron chi connectivity index (χ2n) is 4.44. The number of halogens is 2. The molecule has 2 unspecified atom stereocenters. The van der Waals surface area contributed by atoms with E-state index in [4.69, 9.17) is 0 Å². The highest BCUT2D eigenvalue weighted by Crippen LogP contribution is 2.31. The summed E-state index contributed by atoms with van der Waals surface area (Å²) in [6, 6.07) is 3.90. The molecule has 1 fully saturated rings. The quantitative estimate of drug-likeness (QED) is 0.813. The largest absolute Gasteiger partial charge is 0.310 e. The van der Waals surface area contributed by atoms with Gasteiger partial charge in [0.05, 0.1) is 0 Å². The van der Waals surface area contributed by atoms with E-state index in [1.54, 1.807) is 0 Å². The summed E-state index contributed by atoms with van der Waals surface area (Å²) in [5.74, 6) is -0.297. The highest BCUT2D eigenvalue weighted by atomic mass is 19.1. The highest BCUT2D eigenvalue weighted by Gasteiger charge is 2.25. The molecule has 1 nitrogen and oxygen atoms in total. The number of hydrogen-bond donors (Lipinski definition) is 1. The van der Waals surface area contributed by atoms with E-state index in [1.807, 2.05) is 0 Å². The fourth-order valence-electron chi connectivity index (χ4n) is 2.43. The normalized spacial score (nSPS) is 25.7. The maximum Gasteiger partial charge on any atom is 0.130 e. The van der Waals surface area contributed by atoms with Crippen molar-refractivity contribution in [1.82, 2.24) is 5.32 Å². The van der Waals surface area contributed by atoms with Crippen LogP contribution in [0.5, 0.6) is 0 Å². The fraction of sp³-hybridized carbons (Fsp3) is 0.538. The van der Waals surface area contributed by atoms with Crippen LogP contribution < -0.4 is 5.32 Å².